The van der Waals surface area contributed by atoms with Crippen LogP contribution in [0.15, 0.2) is 32.9 Å². The summed E-state index contributed by atoms with van der Waals surface area (Å²) in [6.45, 7) is 5.13. The maximum atomic E-state index is 12.6. The molecule has 0 aliphatic carbocycles. The fraction of sp³-hybridized carbons (Fsp3) is 0.300. The SMILES string of the molecule is COc1ccc(CSc2nnc(SCC(=O)c3[nH]c(C)c(C(C)=O)c3C)s2)cc1. The minimum atomic E-state index is -0.0502. The zero-order chi connectivity index (χ0) is 21.0. The van der Waals surface area contributed by atoms with Crippen LogP contribution in [0.5, 0.6) is 5.75 Å². The number of carbonyl (C=O) groups excluding carboxylic acids is 2. The van der Waals surface area contributed by atoms with Crippen molar-refractivity contribution >= 4 is 46.4 Å². The molecular weight excluding hydrogens is 426 g/mol. The number of ketones is 2. The summed E-state index contributed by atoms with van der Waals surface area (Å²) in [5.41, 5.74) is 3.73. The second-order valence-electron chi connectivity index (χ2n) is 6.36. The zero-order valence-corrected chi connectivity index (χ0v) is 19.0. The lowest BCUT2D eigenvalue weighted by molar-refractivity contribution is 0.101. The van der Waals surface area contributed by atoms with E-state index in [1.807, 2.05) is 31.2 Å². The molecule has 152 valence electrons. The second-order valence-corrected chi connectivity index (χ2v) is 9.79. The van der Waals surface area contributed by atoms with Gasteiger partial charge in [0.25, 0.3) is 0 Å². The number of ether oxygens (including phenoxy) is 1. The molecule has 0 fully saturated rings. The molecule has 2 aromatic heterocycles. The molecule has 3 aromatic rings. The number of aryl methyl sites for hydroxylation is 1. The number of Topliss-reactive ketones (excluding diaryl/α,β-unsaturated/α-hetero) is 2. The van der Waals surface area contributed by atoms with Crippen molar-refractivity contribution < 1.29 is 14.3 Å². The van der Waals surface area contributed by atoms with Gasteiger partial charge in [0.1, 0.15) is 5.75 Å². The normalized spacial score (nSPS) is 10.9. The molecule has 2 heterocycles. The molecule has 9 heteroatoms. The molecule has 0 aliphatic rings. The molecule has 0 radical (unpaired) electrons. The number of hydrogen-bond donors (Lipinski definition) is 1. The van der Waals surface area contributed by atoms with Gasteiger partial charge in [0, 0.05) is 17.0 Å². The van der Waals surface area contributed by atoms with E-state index in [0.717, 1.165) is 25.9 Å². The Bertz CT molecular complexity index is 1030. The predicted octanol–water partition coefficient (Wildman–Crippen LogP) is 4.96. The third kappa shape index (κ3) is 5.29. The Morgan fingerprint density at radius 3 is 2.34 bits per heavy atom. The van der Waals surface area contributed by atoms with Gasteiger partial charge in [-0.15, -0.1) is 10.2 Å². The highest BCUT2D eigenvalue weighted by Crippen LogP contribution is 2.31. The van der Waals surface area contributed by atoms with Crippen LogP contribution in [0.1, 0.15) is 44.6 Å². The number of hydrogen-bond acceptors (Lipinski definition) is 8. The fourth-order valence-corrected chi connectivity index (χ4v) is 5.79. The van der Waals surface area contributed by atoms with E-state index >= 15 is 0 Å². The first-order valence-corrected chi connectivity index (χ1v) is 11.6. The fourth-order valence-electron chi connectivity index (χ4n) is 2.94. The Morgan fingerprint density at radius 2 is 1.76 bits per heavy atom. The summed E-state index contributed by atoms with van der Waals surface area (Å²) in [6, 6.07) is 7.92. The van der Waals surface area contributed by atoms with Crippen LogP contribution in [0, 0.1) is 13.8 Å². The number of nitrogens with zero attached hydrogens (tertiary/aromatic N) is 2. The number of nitrogens with one attached hydrogen (secondary N) is 1. The Hall–Kier alpha value is -2.10. The minimum absolute atomic E-state index is 0.0365. The number of aromatic amines is 1. The summed E-state index contributed by atoms with van der Waals surface area (Å²) in [5, 5.41) is 8.37. The lowest BCUT2D eigenvalue weighted by Gasteiger charge is -2.01. The molecule has 6 nitrogen and oxygen atoms in total. The Labute approximate surface area is 181 Å². The molecule has 0 spiro atoms. The van der Waals surface area contributed by atoms with Crippen LogP contribution in [0.3, 0.4) is 0 Å². The van der Waals surface area contributed by atoms with Gasteiger partial charge in [-0.25, -0.2) is 0 Å². The molecule has 0 unspecified atom stereocenters. The van der Waals surface area contributed by atoms with Gasteiger partial charge in [-0.3, -0.25) is 9.59 Å². The summed E-state index contributed by atoms with van der Waals surface area (Å²) in [4.78, 5) is 27.4. The number of rotatable bonds is 9. The number of thioether (sulfide) groups is 2. The molecule has 29 heavy (non-hydrogen) atoms. The second kappa shape index (κ2) is 9.60. The molecular formula is C20H21N3O3S3. The first-order valence-electron chi connectivity index (χ1n) is 8.84. The van der Waals surface area contributed by atoms with Crippen molar-refractivity contribution in [3.05, 3.63) is 52.3 Å². The van der Waals surface area contributed by atoms with Gasteiger partial charge in [-0.1, -0.05) is 47.0 Å². The van der Waals surface area contributed by atoms with Crippen LogP contribution >= 0.6 is 34.9 Å². The summed E-state index contributed by atoms with van der Waals surface area (Å²) < 4.78 is 6.78. The van der Waals surface area contributed by atoms with Crippen molar-refractivity contribution in [1.29, 1.82) is 0 Å². The number of H-pyrrole nitrogens is 1. The summed E-state index contributed by atoms with van der Waals surface area (Å²) >= 11 is 4.45. The number of carbonyl (C=O) groups is 2. The van der Waals surface area contributed by atoms with E-state index in [9.17, 15) is 9.59 Å². The maximum absolute atomic E-state index is 12.6. The highest BCUT2D eigenvalue weighted by atomic mass is 32.2. The topological polar surface area (TPSA) is 84.9 Å². The van der Waals surface area contributed by atoms with Crippen LogP contribution in [0.25, 0.3) is 0 Å². The minimum Gasteiger partial charge on any atom is -0.497 e. The van der Waals surface area contributed by atoms with E-state index < -0.39 is 0 Å². The molecule has 0 saturated carbocycles. The van der Waals surface area contributed by atoms with Gasteiger partial charge in [0.2, 0.25) is 0 Å². The van der Waals surface area contributed by atoms with Crippen molar-refractivity contribution in [1.82, 2.24) is 15.2 Å². The maximum Gasteiger partial charge on any atom is 0.189 e. The Kier molecular flexibility index (Phi) is 7.15. The molecule has 0 atom stereocenters. The molecule has 0 aliphatic heterocycles. The van der Waals surface area contributed by atoms with E-state index in [0.29, 0.717) is 16.8 Å². The van der Waals surface area contributed by atoms with Crippen molar-refractivity contribution in [2.45, 2.75) is 35.2 Å². The summed E-state index contributed by atoms with van der Waals surface area (Å²) in [7, 11) is 1.65. The average molecular weight is 448 g/mol. The smallest absolute Gasteiger partial charge is 0.189 e. The zero-order valence-electron chi connectivity index (χ0n) is 16.6. The third-order valence-electron chi connectivity index (χ3n) is 4.30. The van der Waals surface area contributed by atoms with E-state index in [1.54, 1.807) is 25.8 Å². The van der Waals surface area contributed by atoms with Crippen molar-refractivity contribution in [2.24, 2.45) is 0 Å². The van der Waals surface area contributed by atoms with E-state index in [-0.39, 0.29) is 17.3 Å². The van der Waals surface area contributed by atoms with Crippen LogP contribution in [-0.2, 0) is 5.75 Å². The van der Waals surface area contributed by atoms with Gasteiger partial charge in [0.05, 0.1) is 18.6 Å². The van der Waals surface area contributed by atoms with Crippen molar-refractivity contribution in [2.75, 3.05) is 12.9 Å². The van der Waals surface area contributed by atoms with Crippen LogP contribution in [0.2, 0.25) is 0 Å². The highest BCUT2D eigenvalue weighted by Gasteiger charge is 2.20. The Balaban J connectivity index is 1.55. The van der Waals surface area contributed by atoms with Gasteiger partial charge in [0.15, 0.2) is 20.2 Å². The first-order chi connectivity index (χ1) is 13.9. The summed E-state index contributed by atoms with van der Waals surface area (Å²) in [5.74, 6) is 1.78. The van der Waals surface area contributed by atoms with E-state index in [1.165, 1.54) is 35.6 Å². The number of aromatic nitrogens is 3. The van der Waals surface area contributed by atoms with E-state index in [4.69, 9.17) is 4.74 Å². The molecule has 3 rings (SSSR count). The third-order valence-corrected chi connectivity index (χ3v) is 7.57. The van der Waals surface area contributed by atoms with Crippen LogP contribution in [0.4, 0.5) is 0 Å². The Morgan fingerprint density at radius 1 is 1.10 bits per heavy atom. The van der Waals surface area contributed by atoms with Gasteiger partial charge in [-0.2, -0.15) is 0 Å². The standard InChI is InChI=1S/C20H21N3O3S3/c1-11-17(13(3)24)12(2)21-18(11)16(25)10-28-20-23-22-19(29-20)27-9-14-5-7-15(26-4)8-6-14/h5-8,21H,9-10H2,1-4H3. The van der Waals surface area contributed by atoms with Gasteiger partial charge in [-0.05, 0) is 44.0 Å². The predicted molar refractivity (Wildman–Crippen MR) is 118 cm³/mol. The quantitative estimate of drug-likeness (QED) is 0.366. The molecule has 1 aromatic carbocycles. The molecule has 1 N–H and O–H groups in total. The van der Waals surface area contributed by atoms with Crippen LogP contribution in [-0.4, -0.2) is 39.6 Å². The molecule has 0 saturated heterocycles. The lowest BCUT2D eigenvalue weighted by atomic mass is 10.1. The number of benzene rings is 1. The van der Waals surface area contributed by atoms with Crippen molar-refractivity contribution in [3.8, 4) is 5.75 Å². The van der Waals surface area contributed by atoms with Gasteiger partial charge < -0.3 is 9.72 Å². The first kappa shape index (κ1) is 21.6. The van der Waals surface area contributed by atoms with Crippen molar-refractivity contribution in [3.63, 3.8) is 0 Å². The largest absolute Gasteiger partial charge is 0.497 e. The van der Waals surface area contributed by atoms with E-state index in [2.05, 4.69) is 15.2 Å². The molecule has 0 amide bonds. The molecule has 0 bridgehead atoms. The average Bonchev–Trinajstić information content (AvgIpc) is 3.28. The van der Waals surface area contributed by atoms with Crippen LogP contribution < -0.4 is 4.74 Å². The lowest BCUT2D eigenvalue weighted by Crippen LogP contribution is -2.05. The van der Waals surface area contributed by atoms with Gasteiger partial charge >= 0.3 is 0 Å². The highest BCUT2D eigenvalue weighted by molar-refractivity contribution is 8.03. The monoisotopic (exact) mass is 447 g/mol. The summed E-state index contributed by atoms with van der Waals surface area (Å²) in [6.07, 6.45) is 0. The number of methoxy groups -OCH3 is 1.